The number of hydrogen-bond donors (Lipinski definition) is 6. The number of nitrogens with zero attached hydrogens (tertiary/aromatic N) is 2. The molecule has 9 heteroatoms. The van der Waals surface area contributed by atoms with Crippen molar-refractivity contribution in [3.8, 4) is 0 Å². The minimum Gasteiger partial charge on any atom is -0.352 e. The molecule has 36 heavy (non-hydrogen) atoms. The van der Waals surface area contributed by atoms with Gasteiger partial charge in [-0.25, -0.2) is 10.8 Å². The second-order valence-corrected chi connectivity index (χ2v) is 10.3. The summed E-state index contributed by atoms with van der Waals surface area (Å²) in [6, 6.07) is 15.1. The summed E-state index contributed by atoms with van der Waals surface area (Å²) in [5, 5.41) is 9.31. The Labute approximate surface area is 213 Å². The fraction of sp³-hybridized carbons (Fsp3) is 0.444. The normalized spacial score (nSPS) is 14.6. The van der Waals surface area contributed by atoms with Crippen molar-refractivity contribution in [2.45, 2.75) is 59.4 Å². The summed E-state index contributed by atoms with van der Waals surface area (Å²) >= 11 is 0. The van der Waals surface area contributed by atoms with Crippen LogP contribution in [-0.4, -0.2) is 28.3 Å². The van der Waals surface area contributed by atoms with E-state index in [9.17, 15) is 4.79 Å². The Balaban J connectivity index is 0.000000303. The largest absolute Gasteiger partial charge is 0.352 e. The number of amides is 1. The molecule has 0 unspecified atom stereocenters. The minimum absolute atomic E-state index is 0.126. The number of carbonyl (C=O) groups excluding carboxylic acids is 1. The molecule has 0 spiro atoms. The maximum Gasteiger partial charge on any atom is 0.251 e. The number of imidazole rings is 1. The second kappa shape index (κ2) is 12.9. The Hall–Kier alpha value is -3.59. The maximum absolute atomic E-state index is 12.1. The quantitative estimate of drug-likeness (QED) is 0.131. The molecule has 0 radical (unpaired) electrons. The van der Waals surface area contributed by atoms with Crippen LogP contribution in [0, 0.1) is 11.3 Å². The predicted molar refractivity (Wildman–Crippen MR) is 147 cm³/mol. The molecule has 1 amide bonds. The molecule has 1 heterocycles. The molecule has 1 saturated carbocycles. The molecule has 0 saturated heterocycles. The molecule has 194 valence electrons. The zero-order chi connectivity index (χ0) is 26.0. The van der Waals surface area contributed by atoms with E-state index in [1.54, 1.807) is 12.1 Å². The number of nitrogens with two attached hydrogens (primary N) is 2. The number of nitrogens with one attached hydrogen (secondary N) is 4. The van der Waals surface area contributed by atoms with Gasteiger partial charge in [-0.1, -0.05) is 64.3 Å². The highest BCUT2D eigenvalue weighted by Gasteiger charge is 2.25. The first-order valence-corrected chi connectivity index (χ1v) is 12.6. The van der Waals surface area contributed by atoms with Crippen LogP contribution in [0.3, 0.4) is 0 Å². The monoisotopic (exact) mass is 492 g/mol. The Morgan fingerprint density at radius 1 is 1.08 bits per heavy atom. The molecule has 1 aliphatic rings. The number of hydrogen-bond acceptors (Lipinski definition) is 6. The number of benzene rings is 2. The summed E-state index contributed by atoms with van der Waals surface area (Å²) in [6.45, 7) is 7.85. The highest BCUT2D eigenvalue weighted by molar-refractivity contribution is 5.97. The molecule has 1 aromatic heterocycles. The van der Waals surface area contributed by atoms with Crippen molar-refractivity contribution in [2.75, 3.05) is 11.9 Å². The van der Waals surface area contributed by atoms with E-state index in [1.807, 2.05) is 36.4 Å². The van der Waals surface area contributed by atoms with Gasteiger partial charge in [0.05, 0.1) is 17.6 Å². The highest BCUT2D eigenvalue weighted by atomic mass is 16.1. The number of aromatic nitrogens is 2. The van der Waals surface area contributed by atoms with E-state index in [0.29, 0.717) is 23.5 Å². The number of H-pyrrole nitrogens is 1. The molecule has 1 fully saturated rings. The lowest BCUT2D eigenvalue weighted by molar-refractivity contribution is 0.0959. The van der Waals surface area contributed by atoms with Gasteiger partial charge in [0.15, 0.2) is 5.84 Å². The Morgan fingerprint density at radius 2 is 1.78 bits per heavy atom. The molecule has 9 nitrogen and oxygen atoms in total. The van der Waals surface area contributed by atoms with Crippen LogP contribution in [0.15, 0.2) is 53.6 Å². The first-order valence-electron chi connectivity index (χ1n) is 12.6. The first kappa shape index (κ1) is 27.0. The number of aromatic amines is 1. The molecule has 8 N–H and O–H groups in total. The van der Waals surface area contributed by atoms with E-state index in [4.69, 9.17) is 11.7 Å². The lowest BCUT2D eigenvalue weighted by Gasteiger charge is -2.33. The number of amidine groups is 1. The first-order chi connectivity index (χ1) is 17.3. The van der Waals surface area contributed by atoms with Gasteiger partial charge in [0.25, 0.3) is 5.91 Å². The standard InChI is InChI=1S/C17H20N8O.C10H20/c18-24-15(25-19)10-20-16(26)12-7-5-11(6-8-12)9-21-17-22-13-3-1-2-4-14(13)23-17;1-10(2,3)9-7-5-4-6-8-9/h1-8H,9-10,18-19H2,(H,20,26)(H,24,25)(H2,21,22,23);9H,4-8H2,1-3H3. The molecule has 0 atom stereocenters. The number of fused-ring (bicyclic) bond motifs is 1. The van der Waals surface area contributed by atoms with Crippen molar-refractivity contribution < 1.29 is 4.79 Å². The van der Waals surface area contributed by atoms with Gasteiger partial charge < -0.3 is 26.9 Å². The van der Waals surface area contributed by atoms with Crippen LogP contribution in [0.2, 0.25) is 0 Å². The molecule has 0 aliphatic heterocycles. The van der Waals surface area contributed by atoms with Crippen molar-refractivity contribution in [3.05, 3.63) is 59.7 Å². The van der Waals surface area contributed by atoms with Crippen LogP contribution in [0.5, 0.6) is 0 Å². The summed E-state index contributed by atoms with van der Waals surface area (Å²) in [4.78, 5) is 19.7. The fourth-order valence-corrected chi connectivity index (χ4v) is 4.36. The third-order valence-electron chi connectivity index (χ3n) is 6.63. The van der Waals surface area contributed by atoms with Crippen molar-refractivity contribution in [3.63, 3.8) is 0 Å². The van der Waals surface area contributed by atoms with E-state index < -0.39 is 0 Å². The van der Waals surface area contributed by atoms with Gasteiger partial charge in [0.1, 0.15) is 0 Å². The van der Waals surface area contributed by atoms with Gasteiger partial charge in [0, 0.05) is 12.1 Å². The molecule has 1 aliphatic carbocycles. The van der Waals surface area contributed by atoms with E-state index in [0.717, 1.165) is 22.5 Å². The van der Waals surface area contributed by atoms with Crippen molar-refractivity contribution in [2.24, 2.45) is 28.1 Å². The van der Waals surface area contributed by atoms with Crippen LogP contribution < -0.4 is 27.7 Å². The third kappa shape index (κ3) is 7.98. The average molecular weight is 493 g/mol. The summed E-state index contributed by atoms with van der Waals surface area (Å²) in [6.07, 6.45) is 7.38. The SMILES string of the molecule is CC(C)(C)C1CCCCC1.N/N=C(/CNC(=O)c1ccc(CNc2nc3ccccc3[nH]2)cc1)NN. The van der Waals surface area contributed by atoms with Gasteiger partial charge in [0.2, 0.25) is 5.95 Å². The number of para-hydroxylation sites is 2. The molecular formula is C27H40N8O. The summed E-state index contributed by atoms with van der Waals surface area (Å²) in [5.41, 5.74) is 6.32. The Bertz CT molecular complexity index is 1090. The number of rotatable bonds is 6. The summed E-state index contributed by atoms with van der Waals surface area (Å²) in [5.74, 6) is 12.1. The summed E-state index contributed by atoms with van der Waals surface area (Å²) in [7, 11) is 0. The van der Waals surface area contributed by atoms with Gasteiger partial charge in [-0.15, -0.1) is 0 Å². The fourth-order valence-electron chi connectivity index (χ4n) is 4.36. The smallest absolute Gasteiger partial charge is 0.251 e. The Morgan fingerprint density at radius 3 is 2.36 bits per heavy atom. The van der Waals surface area contributed by atoms with E-state index >= 15 is 0 Å². The Kier molecular flexibility index (Phi) is 9.69. The minimum atomic E-state index is -0.238. The van der Waals surface area contributed by atoms with E-state index in [1.165, 1.54) is 32.1 Å². The van der Waals surface area contributed by atoms with Crippen LogP contribution in [0.4, 0.5) is 5.95 Å². The van der Waals surface area contributed by atoms with Crippen LogP contribution in [0.25, 0.3) is 11.0 Å². The maximum atomic E-state index is 12.1. The highest BCUT2D eigenvalue weighted by Crippen LogP contribution is 2.37. The topological polar surface area (TPSA) is 146 Å². The zero-order valence-electron chi connectivity index (χ0n) is 21.6. The van der Waals surface area contributed by atoms with Gasteiger partial charge in [-0.3, -0.25) is 4.79 Å². The average Bonchev–Trinajstić information content (AvgIpc) is 3.32. The number of anilines is 1. The van der Waals surface area contributed by atoms with Crippen molar-refractivity contribution in [1.82, 2.24) is 20.7 Å². The molecular weight excluding hydrogens is 452 g/mol. The molecule has 0 bridgehead atoms. The number of hydrazone groups is 1. The lowest BCUT2D eigenvalue weighted by Crippen LogP contribution is -2.41. The van der Waals surface area contributed by atoms with Crippen LogP contribution in [0.1, 0.15) is 68.8 Å². The molecule has 3 aromatic rings. The van der Waals surface area contributed by atoms with E-state index in [2.05, 4.69) is 51.9 Å². The predicted octanol–water partition coefficient (Wildman–Crippen LogP) is 4.25. The van der Waals surface area contributed by atoms with E-state index in [-0.39, 0.29) is 18.3 Å². The van der Waals surface area contributed by atoms with Gasteiger partial charge >= 0.3 is 0 Å². The lowest BCUT2D eigenvalue weighted by atomic mass is 9.72. The second-order valence-electron chi connectivity index (χ2n) is 10.3. The number of carbonyl (C=O) groups is 1. The van der Waals surface area contributed by atoms with Crippen molar-refractivity contribution >= 4 is 28.7 Å². The molecule has 4 rings (SSSR count). The third-order valence-corrected chi connectivity index (χ3v) is 6.63. The van der Waals surface area contributed by atoms with Crippen molar-refractivity contribution in [1.29, 1.82) is 0 Å². The molecule has 2 aromatic carbocycles. The number of hydrazine groups is 1. The van der Waals surface area contributed by atoms with Gasteiger partial charge in [-0.2, -0.15) is 5.10 Å². The zero-order valence-corrected chi connectivity index (χ0v) is 21.6. The van der Waals surface area contributed by atoms with Crippen LogP contribution >= 0.6 is 0 Å². The van der Waals surface area contributed by atoms with Gasteiger partial charge in [-0.05, 0) is 54.0 Å². The summed E-state index contributed by atoms with van der Waals surface area (Å²) < 4.78 is 0. The van der Waals surface area contributed by atoms with Crippen LogP contribution in [-0.2, 0) is 6.54 Å².